The molecule has 0 aliphatic carbocycles. The predicted octanol–water partition coefficient (Wildman–Crippen LogP) is 6.58. The van der Waals surface area contributed by atoms with E-state index in [2.05, 4.69) is 88.5 Å². The Balaban J connectivity index is -0.000000735. The number of nitrogens with one attached hydrogen (secondary N) is 1. The number of hydrazine groups is 1. The van der Waals surface area contributed by atoms with E-state index in [1.165, 1.54) is 31.2 Å². The van der Waals surface area contributed by atoms with Gasteiger partial charge in [0.2, 0.25) is 0 Å². The monoisotopic (exact) mass is 405 g/mol. The van der Waals surface area contributed by atoms with Crippen LogP contribution < -0.4 is 11.6 Å². The van der Waals surface area contributed by atoms with Crippen molar-refractivity contribution in [1.82, 2.24) is 16.6 Å². The molecular formula is C25H47N3O. The first-order valence-corrected chi connectivity index (χ1v) is 10.4. The van der Waals surface area contributed by atoms with Crippen molar-refractivity contribution in [3.05, 3.63) is 55.1 Å². The lowest BCUT2D eigenvalue weighted by Gasteiger charge is -2.20. The summed E-state index contributed by atoms with van der Waals surface area (Å²) < 4.78 is 0. The first-order chi connectivity index (χ1) is 13.3. The number of carbonyl (C=O) groups excluding carboxylic acids is 1. The van der Waals surface area contributed by atoms with Crippen molar-refractivity contribution < 1.29 is 4.79 Å². The highest BCUT2D eigenvalue weighted by Crippen LogP contribution is 2.21. The molecule has 0 bridgehead atoms. The molecule has 0 radical (unpaired) electrons. The highest BCUT2D eigenvalue weighted by Gasteiger charge is 2.05. The Morgan fingerprint density at radius 2 is 1.62 bits per heavy atom. The summed E-state index contributed by atoms with van der Waals surface area (Å²) in [6.45, 7) is 19.0. The molecule has 0 fully saturated rings. The van der Waals surface area contributed by atoms with Gasteiger partial charge in [-0.25, -0.2) is 9.80 Å². The molecule has 0 amide bonds. The van der Waals surface area contributed by atoms with Crippen LogP contribution in [0.1, 0.15) is 78.2 Å². The fourth-order valence-corrected chi connectivity index (χ4v) is 2.49. The summed E-state index contributed by atoms with van der Waals surface area (Å²) in [5, 5.41) is 2.16. The Bertz CT molecular complexity index is 499. The highest BCUT2D eigenvalue weighted by atomic mass is 16.1. The van der Waals surface area contributed by atoms with Crippen LogP contribution in [0.4, 0.5) is 0 Å². The average molecular weight is 406 g/mol. The van der Waals surface area contributed by atoms with Crippen LogP contribution in [0.3, 0.4) is 0 Å². The molecule has 168 valence electrons. The van der Waals surface area contributed by atoms with Gasteiger partial charge >= 0.3 is 0 Å². The molecule has 0 saturated heterocycles. The first kappa shape index (κ1) is 32.0. The second-order valence-corrected chi connectivity index (χ2v) is 8.48. The van der Waals surface area contributed by atoms with E-state index in [0.717, 1.165) is 19.5 Å². The number of hydrogen-bond acceptors (Lipinski definition) is 4. The minimum atomic E-state index is 0. The fourth-order valence-electron chi connectivity index (χ4n) is 2.49. The zero-order valence-corrected chi connectivity index (χ0v) is 20.0. The van der Waals surface area contributed by atoms with Gasteiger partial charge in [0.1, 0.15) is 5.94 Å². The maximum Gasteiger partial charge on any atom is 0.120 e. The minimum absolute atomic E-state index is 0. The van der Waals surface area contributed by atoms with Crippen molar-refractivity contribution in [2.24, 2.45) is 5.41 Å². The smallest absolute Gasteiger partial charge is 0.120 e. The molecular weight excluding hydrogens is 358 g/mol. The number of unbranched alkanes of at least 4 members (excludes halogenated alkanes) is 2. The lowest BCUT2D eigenvalue weighted by molar-refractivity contribution is 0.206. The zero-order valence-electron chi connectivity index (χ0n) is 20.0. The number of nitrogens with zero attached hydrogens (tertiary/aromatic N) is 1. The summed E-state index contributed by atoms with van der Waals surface area (Å²) >= 11 is 0. The molecule has 4 heteroatoms. The van der Waals surface area contributed by atoms with Gasteiger partial charge in [-0.3, -0.25) is 5.43 Å². The molecule has 1 aromatic rings. The maximum atomic E-state index is 10.1. The number of hydrogen-bond donors (Lipinski definition) is 2. The van der Waals surface area contributed by atoms with E-state index in [9.17, 15) is 4.79 Å². The SMILES string of the molecule is C=C.CC(C)(C)C.CNN(CCC=C=O)CCCCCC(C)c1ccccc1.N. The van der Waals surface area contributed by atoms with E-state index in [-0.39, 0.29) is 6.15 Å². The highest BCUT2D eigenvalue weighted by molar-refractivity contribution is 5.44. The van der Waals surface area contributed by atoms with Crippen molar-refractivity contribution in [3.8, 4) is 0 Å². The Hall–Kier alpha value is -1.71. The van der Waals surface area contributed by atoms with E-state index in [4.69, 9.17) is 0 Å². The van der Waals surface area contributed by atoms with Gasteiger partial charge in [-0.1, -0.05) is 77.8 Å². The lowest BCUT2D eigenvalue weighted by Crippen LogP contribution is -2.36. The summed E-state index contributed by atoms with van der Waals surface area (Å²) in [4.78, 5) is 10.1. The molecule has 0 heterocycles. The normalized spacial score (nSPS) is 11.0. The molecule has 1 atom stereocenters. The molecule has 1 unspecified atom stereocenters. The van der Waals surface area contributed by atoms with E-state index in [1.807, 2.05) is 13.0 Å². The van der Waals surface area contributed by atoms with Crippen molar-refractivity contribution in [2.45, 2.75) is 72.6 Å². The lowest BCUT2D eigenvalue weighted by atomic mass is 9.95. The van der Waals surface area contributed by atoms with Crippen LogP contribution >= 0.6 is 0 Å². The summed E-state index contributed by atoms with van der Waals surface area (Å²) in [5.74, 6) is 2.47. The topological polar surface area (TPSA) is 67.3 Å². The van der Waals surface area contributed by atoms with Gasteiger partial charge in [0.15, 0.2) is 0 Å². The standard InChI is InChI=1S/C18H28N2O.C5H12.C2H4.H3N/c1-17(18-12-6-3-7-13-18)11-5-4-8-14-20(19-2)15-9-10-16-21;1-5(2,3)4;1-2;/h3,6-7,10,12-13,17,19H,4-5,8-9,11,14-15H2,1-2H3;1-4H3;1-2H2;1H3. The first-order valence-electron chi connectivity index (χ1n) is 10.4. The van der Waals surface area contributed by atoms with Crippen LogP contribution in [-0.2, 0) is 4.79 Å². The number of rotatable bonds is 11. The van der Waals surface area contributed by atoms with Crippen LogP contribution in [0, 0.1) is 5.41 Å². The second kappa shape index (κ2) is 21.0. The Labute approximate surface area is 181 Å². The Kier molecular flexibility index (Phi) is 23.2. The summed E-state index contributed by atoms with van der Waals surface area (Å²) in [6.07, 6.45) is 7.26. The van der Waals surface area contributed by atoms with Gasteiger partial charge in [-0.15, -0.1) is 13.2 Å². The molecule has 1 rings (SSSR count). The average Bonchev–Trinajstić information content (AvgIpc) is 2.67. The summed E-state index contributed by atoms with van der Waals surface area (Å²) in [6, 6.07) is 10.7. The van der Waals surface area contributed by atoms with Crippen LogP contribution in [0.2, 0.25) is 0 Å². The van der Waals surface area contributed by atoms with Gasteiger partial charge in [-0.05, 0) is 43.2 Å². The van der Waals surface area contributed by atoms with Crippen LogP contribution in [0.15, 0.2) is 49.6 Å². The maximum absolute atomic E-state index is 10.1. The molecule has 0 aliphatic rings. The van der Waals surface area contributed by atoms with Crippen LogP contribution in [0.25, 0.3) is 0 Å². The summed E-state index contributed by atoms with van der Waals surface area (Å²) in [7, 11) is 1.93. The molecule has 0 aliphatic heterocycles. The third-order valence-corrected chi connectivity index (χ3v) is 3.88. The van der Waals surface area contributed by atoms with Gasteiger partial charge in [0.05, 0.1) is 0 Å². The zero-order chi connectivity index (χ0) is 21.8. The van der Waals surface area contributed by atoms with Crippen LogP contribution in [-0.4, -0.2) is 31.1 Å². The second-order valence-electron chi connectivity index (χ2n) is 8.48. The molecule has 0 spiro atoms. The van der Waals surface area contributed by atoms with E-state index >= 15 is 0 Å². The molecule has 4 N–H and O–H groups in total. The van der Waals surface area contributed by atoms with Gasteiger partial charge in [0, 0.05) is 19.2 Å². The van der Waals surface area contributed by atoms with Crippen molar-refractivity contribution >= 4 is 5.94 Å². The van der Waals surface area contributed by atoms with Crippen molar-refractivity contribution in [2.75, 3.05) is 20.1 Å². The van der Waals surface area contributed by atoms with Gasteiger partial charge in [0.25, 0.3) is 0 Å². The van der Waals surface area contributed by atoms with Crippen molar-refractivity contribution in [1.29, 1.82) is 0 Å². The van der Waals surface area contributed by atoms with E-state index < -0.39 is 0 Å². The fraction of sp³-hybridized carbons (Fsp3) is 0.600. The molecule has 0 saturated carbocycles. The largest absolute Gasteiger partial charge is 0.344 e. The van der Waals surface area contributed by atoms with Gasteiger partial charge < -0.3 is 6.15 Å². The molecule has 29 heavy (non-hydrogen) atoms. The van der Waals surface area contributed by atoms with Crippen LogP contribution in [0.5, 0.6) is 0 Å². The minimum Gasteiger partial charge on any atom is -0.344 e. The molecule has 0 aromatic heterocycles. The Morgan fingerprint density at radius 3 is 2.10 bits per heavy atom. The third-order valence-electron chi connectivity index (χ3n) is 3.88. The quantitative estimate of drug-likeness (QED) is 0.189. The Morgan fingerprint density at radius 1 is 1.07 bits per heavy atom. The third kappa shape index (κ3) is 24.3. The van der Waals surface area contributed by atoms with Crippen molar-refractivity contribution in [3.63, 3.8) is 0 Å². The van der Waals surface area contributed by atoms with Gasteiger partial charge in [-0.2, -0.15) is 0 Å². The van der Waals surface area contributed by atoms with E-state index in [1.54, 1.807) is 6.08 Å². The molecule has 1 aromatic carbocycles. The molecule has 4 nitrogen and oxygen atoms in total. The van der Waals surface area contributed by atoms with E-state index in [0.29, 0.717) is 11.3 Å². The predicted molar refractivity (Wildman–Crippen MR) is 130 cm³/mol. The number of benzene rings is 1. The summed E-state index contributed by atoms with van der Waals surface area (Å²) in [5.41, 5.74) is 5.11.